The number of hydrogen-bond acceptors (Lipinski definition) is 3. The van der Waals surface area contributed by atoms with Gasteiger partial charge in [0.25, 0.3) is 0 Å². The Kier molecular flexibility index (Phi) is 5.12. The average molecular weight is 277 g/mol. The second kappa shape index (κ2) is 7.05. The number of aliphatic carboxylic acids is 1. The van der Waals surface area contributed by atoms with Crippen LogP contribution in [0.1, 0.15) is 30.9 Å². The summed E-state index contributed by atoms with van der Waals surface area (Å²) in [5, 5.41) is 11.3. The molecule has 0 saturated carbocycles. The van der Waals surface area contributed by atoms with Gasteiger partial charge < -0.3 is 15.2 Å². The van der Waals surface area contributed by atoms with E-state index in [1.54, 1.807) is 0 Å². The van der Waals surface area contributed by atoms with E-state index in [0.29, 0.717) is 13.2 Å². The van der Waals surface area contributed by atoms with Crippen molar-refractivity contribution in [1.29, 1.82) is 0 Å². The van der Waals surface area contributed by atoms with Gasteiger partial charge in [-0.3, -0.25) is 9.59 Å². The quantitative estimate of drug-likeness (QED) is 0.830. The third kappa shape index (κ3) is 4.06. The molecule has 0 aromatic heterocycles. The number of hydrogen-bond donors (Lipinski definition) is 2. The maximum absolute atomic E-state index is 11.5. The van der Waals surface area contributed by atoms with Crippen molar-refractivity contribution in [3.05, 3.63) is 35.9 Å². The molecular weight excluding hydrogens is 258 g/mol. The van der Waals surface area contributed by atoms with E-state index >= 15 is 0 Å². The van der Waals surface area contributed by atoms with Gasteiger partial charge in [-0.1, -0.05) is 30.3 Å². The smallest absolute Gasteiger partial charge is 0.303 e. The van der Waals surface area contributed by atoms with E-state index in [1.165, 1.54) is 0 Å². The molecule has 1 fully saturated rings. The molecule has 2 rings (SSSR count). The minimum Gasteiger partial charge on any atom is -0.481 e. The molecule has 0 unspecified atom stereocenters. The fourth-order valence-electron chi connectivity index (χ4n) is 2.41. The number of amides is 1. The lowest BCUT2D eigenvalue weighted by Crippen LogP contribution is -2.30. The van der Waals surface area contributed by atoms with Crippen molar-refractivity contribution in [1.82, 2.24) is 5.32 Å². The number of carbonyl (C=O) groups is 2. The molecule has 20 heavy (non-hydrogen) atoms. The van der Waals surface area contributed by atoms with Crippen LogP contribution in [0, 0.1) is 5.92 Å². The maximum atomic E-state index is 11.5. The van der Waals surface area contributed by atoms with Crippen molar-refractivity contribution in [3.8, 4) is 0 Å². The molecule has 1 aromatic rings. The van der Waals surface area contributed by atoms with Crippen LogP contribution in [0.4, 0.5) is 0 Å². The summed E-state index contributed by atoms with van der Waals surface area (Å²) < 4.78 is 5.74. The summed E-state index contributed by atoms with van der Waals surface area (Å²) in [6, 6.07) is 9.95. The minimum atomic E-state index is -0.952. The van der Waals surface area contributed by atoms with Gasteiger partial charge in [-0.25, -0.2) is 0 Å². The summed E-state index contributed by atoms with van der Waals surface area (Å²) in [5.74, 6) is -0.927. The zero-order valence-corrected chi connectivity index (χ0v) is 11.2. The third-order valence-corrected chi connectivity index (χ3v) is 3.47. The molecule has 5 heteroatoms. The van der Waals surface area contributed by atoms with E-state index in [0.717, 1.165) is 12.0 Å². The van der Waals surface area contributed by atoms with Gasteiger partial charge in [0.2, 0.25) is 5.91 Å². The summed E-state index contributed by atoms with van der Waals surface area (Å²) >= 11 is 0. The van der Waals surface area contributed by atoms with Crippen LogP contribution in [0.25, 0.3) is 0 Å². The second-order valence-electron chi connectivity index (χ2n) is 4.95. The van der Waals surface area contributed by atoms with E-state index in [-0.39, 0.29) is 30.8 Å². The molecule has 1 aromatic carbocycles. The molecule has 0 radical (unpaired) electrons. The Morgan fingerprint density at radius 3 is 2.70 bits per heavy atom. The number of benzene rings is 1. The Morgan fingerprint density at radius 1 is 1.25 bits per heavy atom. The van der Waals surface area contributed by atoms with Crippen molar-refractivity contribution >= 4 is 11.9 Å². The summed E-state index contributed by atoms with van der Waals surface area (Å²) in [5.41, 5.74) is 1.12. The summed E-state index contributed by atoms with van der Waals surface area (Å²) in [7, 11) is 0. The van der Waals surface area contributed by atoms with E-state index in [2.05, 4.69) is 5.32 Å². The Balaban J connectivity index is 1.83. The van der Waals surface area contributed by atoms with E-state index in [1.807, 2.05) is 30.3 Å². The van der Waals surface area contributed by atoms with Gasteiger partial charge in [-0.15, -0.1) is 0 Å². The molecule has 0 bridgehead atoms. The zero-order chi connectivity index (χ0) is 14.4. The number of ether oxygens (including phenoxy) is 1. The molecule has 1 aliphatic rings. The molecule has 0 aliphatic carbocycles. The van der Waals surface area contributed by atoms with Gasteiger partial charge in [-0.05, 0) is 12.0 Å². The molecular formula is C15H19NO4. The lowest BCUT2D eigenvalue weighted by atomic mass is 9.95. The second-order valence-corrected chi connectivity index (χ2v) is 4.95. The maximum Gasteiger partial charge on any atom is 0.303 e. The molecule has 5 nitrogen and oxygen atoms in total. The van der Waals surface area contributed by atoms with Crippen LogP contribution >= 0.6 is 0 Å². The first kappa shape index (κ1) is 14.5. The van der Waals surface area contributed by atoms with Crippen molar-refractivity contribution in [2.45, 2.75) is 25.4 Å². The van der Waals surface area contributed by atoms with E-state index in [9.17, 15) is 9.59 Å². The molecule has 2 N–H and O–H groups in total. The monoisotopic (exact) mass is 277 g/mol. The van der Waals surface area contributed by atoms with Gasteiger partial charge in [0.15, 0.2) is 0 Å². The van der Waals surface area contributed by atoms with Crippen LogP contribution in [0.3, 0.4) is 0 Å². The van der Waals surface area contributed by atoms with Gasteiger partial charge in [-0.2, -0.15) is 0 Å². The molecule has 1 aliphatic heterocycles. The molecule has 2 atom stereocenters. The first-order valence-electron chi connectivity index (χ1n) is 6.82. The predicted molar refractivity (Wildman–Crippen MR) is 73.1 cm³/mol. The third-order valence-electron chi connectivity index (χ3n) is 3.47. The van der Waals surface area contributed by atoms with Gasteiger partial charge in [0.05, 0.1) is 12.5 Å². The van der Waals surface area contributed by atoms with Gasteiger partial charge in [0, 0.05) is 25.5 Å². The Labute approximate surface area is 117 Å². The molecule has 0 spiro atoms. The minimum absolute atomic E-state index is 0.0102. The summed E-state index contributed by atoms with van der Waals surface area (Å²) in [4.78, 5) is 21.9. The van der Waals surface area contributed by atoms with Crippen molar-refractivity contribution in [3.63, 3.8) is 0 Å². The fraction of sp³-hybridized carbons (Fsp3) is 0.467. The fourth-order valence-corrected chi connectivity index (χ4v) is 2.41. The Bertz CT molecular complexity index is 460. The Hall–Kier alpha value is -1.88. The SMILES string of the molecule is O=C(O)CCC(=O)NC[C@H]1CCO[C@@H]1c1ccccc1. The molecule has 108 valence electrons. The van der Waals surface area contributed by atoms with Crippen LogP contribution in [0.5, 0.6) is 0 Å². The standard InChI is InChI=1S/C15H19NO4/c17-13(6-7-14(18)19)16-10-12-8-9-20-15(12)11-4-2-1-3-5-11/h1-5,12,15H,6-10H2,(H,16,17)(H,18,19)/t12-,15-/m1/s1. The van der Waals surface area contributed by atoms with Crippen LogP contribution < -0.4 is 5.32 Å². The van der Waals surface area contributed by atoms with Crippen LogP contribution in [-0.4, -0.2) is 30.1 Å². The first-order valence-corrected chi connectivity index (χ1v) is 6.82. The van der Waals surface area contributed by atoms with Crippen LogP contribution in [0.15, 0.2) is 30.3 Å². The van der Waals surface area contributed by atoms with Gasteiger partial charge in [0.1, 0.15) is 0 Å². The average Bonchev–Trinajstić information content (AvgIpc) is 2.92. The highest BCUT2D eigenvalue weighted by Gasteiger charge is 2.29. The van der Waals surface area contributed by atoms with Crippen LogP contribution in [-0.2, 0) is 14.3 Å². The number of carbonyl (C=O) groups excluding carboxylic acids is 1. The predicted octanol–water partition coefficient (Wildman–Crippen LogP) is 1.75. The number of nitrogens with one attached hydrogen (secondary N) is 1. The van der Waals surface area contributed by atoms with Gasteiger partial charge >= 0.3 is 5.97 Å². The summed E-state index contributed by atoms with van der Waals surface area (Å²) in [6.45, 7) is 1.22. The molecule has 1 amide bonds. The van der Waals surface area contributed by atoms with Crippen molar-refractivity contribution in [2.75, 3.05) is 13.2 Å². The number of rotatable bonds is 6. The highest BCUT2D eigenvalue weighted by molar-refractivity contribution is 5.80. The van der Waals surface area contributed by atoms with Crippen LogP contribution in [0.2, 0.25) is 0 Å². The molecule has 1 heterocycles. The largest absolute Gasteiger partial charge is 0.481 e. The topological polar surface area (TPSA) is 75.6 Å². The number of carboxylic acid groups (broad SMARTS) is 1. The highest BCUT2D eigenvalue weighted by atomic mass is 16.5. The zero-order valence-electron chi connectivity index (χ0n) is 11.2. The van der Waals surface area contributed by atoms with Crippen molar-refractivity contribution in [2.24, 2.45) is 5.92 Å². The Morgan fingerprint density at radius 2 is 2.00 bits per heavy atom. The normalized spacial score (nSPS) is 21.6. The number of carboxylic acids is 1. The van der Waals surface area contributed by atoms with E-state index in [4.69, 9.17) is 9.84 Å². The van der Waals surface area contributed by atoms with Crippen molar-refractivity contribution < 1.29 is 19.4 Å². The molecule has 1 saturated heterocycles. The highest BCUT2D eigenvalue weighted by Crippen LogP contribution is 2.33. The lowest BCUT2D eigenvalue weighted by molar-refractivity contribution is -0.138. The lowest BCUT2D eigenvalue weighted by Gasteiger charge is -2.19. The van der Waals surface area contributed by atoms with E-state index < -0.39 is 5.97 Å². The summed E-state index contributed by atoms with van der Waals surface area (Å²) in [6.07, 6.45) is 0.809. The first-order chi connectivity index (χ1) is 9.66.